The van der Waals surface area contributed by atoms with Crippen molar-refractivity contribution in [3.8, 4) is 0 Å². The van der Waals surface area contributed by atoms with Crippen molar-refractivity contribution in [3.63, 3.8) is 0 Å². The van der Waals surface area contributed by atoms with E-state index >= 15 is 0 Å². The first-order valence-electron chi connectivity index (χ1n) is 13.7. The van der Waals surface area contributed by atoms with Crippen LogP contribution in [0.1, 0.15) is 49.3 Å². The molecule has 0 bridgehead atoms. The fourth-order valence-electron chi connectivity index (χ4n) is 4.93. The van der Waals surface area contributed by atoms with E-state index in [0.29, 0.717) is 10.7 Å². The number of sulfonamides is 1. The molecule has 1 aliphatic carbocycles. The number of nitrogens with one attached hydrogen (secondary N) is 1. The SMILES string of the molecule is Cc1ccc(N(CC(=O)N(Cc2ccccc2F)[C@@H](C)C(=O)NC2CCCC2)S(=O)(=O)c2ccc(Cl)cc2)cc1C. The van der Waals surface area contributed by atoms with Gasteiger partial charge in [-0.25, -0.2) is 12.8 Å². The maximum atomic E-state index is 14.7. The monoisotopic (exact) mass is 599 g/mol. The molecule has 41 heavy (non-hydrogen) atoms. The third-order valence-corrected chi connectivity index (χ3v) is 9.67. The van der Waals surface area contributed by atoms with Crippen LogP contribution in [-0.4, -0.2) is 43.8 Å². The highest BCUT2D eigenvalue weighted by molar-refractivity contribution is 7.92. The summed E-state index contributed by atoms with van der Waals surface area (Å²) in [5.74, 6) is -1.52. The fraction of sp³-hybridized carbons (Fsp3) is 0.355. The highest BCUT2D eigenvalue weighted by Crippen LogP contribution is 2.27. The molecule has 3 aromatic carbocycles. The predicted molar refractivity (Wildman–Crippen MR) is 159 cm³/mol. The molecule has 0 aromatic heterocycles. The number of amides is 2. The topological polar surface area (TPSA) is 86.8 Å². The van der Waals surface area contributed by atoms with Gasteiger partial charge in [-0.05, 0) is 87.2 Å². The molecule has 1 fully saturated rings. The minimum atomic E-state index is -4.22. The Balaban J connectivity index is 1.71. The molecule has 1 atom stereocenters. The van der Waals surface area contributed by atoms with Crippen molar-refractivity contribution >= 4 is 39.1 Å². The summed E-state index contributed by atoms with van der Waals surface area (Å²) in [7, 11) is -4.22. The number of hydrogen-bond acceptors (Lipinski definition) is 4. The summed E-state index contributed by atoms with van der Waals surface area (Å²) in [6.45, 7) is 4.54. The Bertz CT molecular complexity index is 1510. The number of benzene rings is 3. The molecule has 218 valence electrons. The summed E-state index contributed by atoms with van der Waals surface area (Å²) in [5.41, 5.74) is 2.33. The van der Waals surface area contributed by atoms with Gasteiger partial charge in [-0.1, -0.05) is 48.7 Å². The Labute approximate surface area is 246 Å². The third-order valence-electron chi connectivity index (χ3n) is 7.63. The molecule has 1 N–H and O–H groups in total. The van der Waals surface area contributed by atoms with Gasteiger partial charge in [0.2, 0.25) is 11.8 Å². The quantitative estimate of drug-likeness (QED) is 0.321. The average molecular weight is 600 g/mol. The average Bonchev–Trinajstić information content (AvgIpc) is 3.45. The maximum Gasteiger partial charge on any atom is 0.264 e. The molecule has 3 aromatic rings. The zero-order chi connectivity index (χ0) is 29.7. The first-order chi connectivity index (χ1) is 19.5. The second-order valence-electron chi connectivity index (χ2n) is 10.5. The number of nitrogens with zero attached hydrogens (tertiary/aromatic N) is 2. The van der Waals surface area contributed by atoms with E-state index in [1.54, 1.807) is 43.3 Å². The molecule has 2 amide bonds. The lowest BCUT2D eigenvalue weighted by Crippen LogP contribution is -2.52. The minimum absolute atomic E-state index is 0.0210. The van der Waals surface area contributed by atoms with Crippen LogP contribution in [0.15, 0.2) is 71.6 Å². The maximum absolute atomic E-state index is 14.7. The number of rotatable bonds is 10. The molecule has 1 saturated carbocycles. The van der Waals surface area contributed by atoms with Gasteiger partial charge in [-0.3, -0.25) is 13.9 Å². The van der Waals surface area contributed by atoms with Crippen molar-refractivity contribution in [2.45, 2.75) is 70.0 Å². The van der Waals surface area contributed by atoms with Crippen molar-refractivity contribution in [2.75, 3.05) is 10.8 Å². The van der Waals surface area contributed by atoms with Crippen molar-refractivity contribution < 1.29 is 22.4 Å². The van der Waals surface area contributed by atoms with Crippen LogP contribution in [0.2, 0.25) is 5.02 Å². The molecule has 10 heteroatoms. The smallest absolute Gasteiger partial charge is 0.264 e. The normalized spacial score (nSPS) is 14.5. The minimum Gasteiger partial charge on any atom is -0.352 e. The number of aryl methyl sites for hydroxylation is 2. The van der Waals surface area contributed by atoms with Gasteiger partial charge in [-0.2, -0.15) is 0 Å². The molecule has 1 aliphatic rings. The standard InChI is InChI=1S/C31H35ClFN3O4S/c1-21-12-15-27(18-22(21)2)36(41(39,40)28-16-13-25(32)14-17-28)20-30(37)35(19-24-8-4-7-11-29(24)33)23(3)31(38)34-26-9-5-6-10-26/h4,7-8,11-18,23,26H,5-6,9-10,19-20H2,1-3H3,(H,34,38)/t23-/m0/s1. The molecule has 4 rings (SSSR count). The second-order valence-corrected chi connectivity index (χ2v) is 12.8. The van der Waals surface area contributed by atoms with Crippen LogP contribution in [0.3, 0.4) is 0 Å². The zero-order valence-electron chi connectivity index (χ0n) is 23.4. The number of carbonyl (C=O) groups excluding carboxylic acids is 2. The lowest BCUT2D eigenvalue weighted by atomic mass is 10.1. The first kappa shape index (κ1) is 30.5. The largest absolute Gasteiger partial charge is 0.352 e. The molecule has 0 radical (unpaired) electrons. The molecule has 0 spiro atoms. The van der Waals surface area contributed by atoms with Crippen LogP contribution in [0.25, 0.3) is 0 Å². The molecular weight excluding hydrogens is 565 g/mol. The number of carbonyl (C=O) groups is 2. The Morgan fingerprint density at radius 2 is 1.66 bits per heavy atom. The van der Waals surface area contributed by atoms with Crippen molar-refractivity contribution in [2.24, 2.45) is 0 Å². The molecular formula is C31H35ClFN3O4S. The van der Waals surface area contributed by atoms with E-state index in [2.05, 4.69) is 5.32 Å². The van der Waals surface area contributed by atoms with Crippen LogP contribution in [0.5, 0.6) is 0 Å². The highest BCUT2D eigenvalue weighted by atomic mass is 35.5. The fourth-order valence-corrected chi connectivity index (χ4v) is 6.46. The van der Waals surface area contributed by atoms with Gasteiger partial charge in [-0.15, -0.1) is 0 Å². The first-order valence-corrected chi connectivity index (χ1v) is 15.5. The summed E-state index contributed by atoms with van der Waals surface area (Å²) >= 11 is 6.00. The van der Waals surface area contributed by atoms with Crippen LogP contribution in [-0.2, 0) is 26.2 Å². The summed E-state index contributed by atoms with van der Waals surface area (Å²) in [6.07, 6.45) is 3.76. The van der Waals surface area contributed by atoms with Gasteiger partial charge < -0.3 is 10.2 Å². The van der Waals surface area contributed by atoms with Crippen LogP contribution < -0.4 is 9.62 Å². The van der Waals surface area contributed by atoms with Gasteiger partial charge in [0.15, 0.2) is 0 Å². The Hall–Kier alpha value is -3.43. The second kappa shape index (κ2) is 13.0. The van der Waals surface area contributed by atoms with Gasteiger partial charge >= 0.3 is 0 Å². The molecule has 7 nitrogen and oxygen atoms in total. The summed E-state index contributed by atoms with van der Waals surface area (Å²) in [5, 5.41) is 3.37. The molecule has 0 unspecified atom stereocenters. The van der Waals surface area contributed by atoms with Gasteiger partial charge in [0.05, 0.1) is 10.6 Å². The molecule has 0 aliphatic heterocycles. The van der Waals surface area contributed by atoms with Gasteiger partial charge in [0.1, 0.15) is 18.4 Å². The highest BCUT2D eigenvalue weighted by Gasteiger charge is 2.33. The molecule has 0 saturated heterocycles. The number of halogens is 2. The van der Waals surface area contributed by atoms with E-state index in [0.717, 1.165) is 41.1 Å². The van der Waals surface area contributed by atoms with Crippen LogP contribution in [0, 0.1) is 19.7 Å². The Morgan fingerprint density at radius 3 is 2.29 bits per heavy atom. The van der Waals surface area contributed by atoms with Crippen molar-refractivity contribution in [3.05, 3.63) is 94.3 Å². The van der Waals surface area contributed by atoms with E-state index in [9.17, 15) is 22.4 Å². The lowest BCUT2D eigenvalue weighted by molar-refractivity contribution is -0.139. The van der Waals surface area contributed by atoms with Crippen LogP contribution in [0.4, 0.5) is 10.1 Å². The predicted octanol–water partition coefficient (Wildman–Crippen LogP) is 5.77. The van der Waals surface area contributed by atoms with Gasteiger partial charge in [0, 0.05) is 23.2 Å². The van der Waals surface area contributed by atoms with E-state index in [1.165, 1.54) is 35.2 Å². The van der Waals surface area contributed by atoms with E-state index in [1.807, 2.05) is 13.8 Å². The molecule has 0 heterocycles. The summed E-state index contributed by atoms with van der Waals surface area (Å²) < 4.78 is 43.6. The Morgan fingerprint density at radius 1 is 1.00 bits per heavy atom. The summed E-state index contributed by atoms with van der Waals surface area (Å²) in [4.78, 5) is 28.5. The van der Waals surface area contributed by atoms with Gasteiger partial charge in [0.25, 0.3) is 10.0 Å². The number of anilines is 1. The number of hydrogen-bond donors (Lipinski definition) is 1. The summed E-state index contributed by atoms with van der Waals surface area (Å²) in [6, 6.07) is 15.9. The Kier molecular flexibility index (Phi) is 9.71. The van der Waals surface area contributed by atoms with E-state index in [-0.39, 0.29) is 29.0 Å². The lowest BCUT2D eigenvalue weighted by Gasteiger charge is -2.32. The van der Waals surface area contributed by atoms with Crippen molar-refractivity contribution in [1.82, 2.24) is 10.2 Å². The van der Waals surface area contributed by atoms with Crippen molar-refractivity contribution in [1.29, 1.82) is 0 Å². The zero-order valence-corrected chi connectivity index (χ0v) is 25.0. The third kappa shape index (κ3) is 7.26. The van der Waals surface area contributed by atoms with Crippen LogP contribution >= 0.6 is 11.6 Å². The van der Waals surface area contributed by atoms with E-state index < -0.39 is 34.3 Å². The van der Waals surface area contributed by atoms with E-state index in [4.69, 9.17) is 11.6 Å².